The highest BCUT2D eigenvalue weighted by atomic mass is 19.4. The van der Waals surface area contributed by atoms with Crippen molar-refractivity contribution in [2.45, 2.75) is 52.5 Å². The first-order valence-electron chi connectivity index (χ1n) is 11.6. The first kappa shape index (κ1) is 29.3. The number of rotatable bonds is 10. The van der Waals surface area contributed by atoms with Crippen LogP contribution in [-0.2, 0) is 30.7 Å². The fourth-order valence-corrected chi connectivity index (χ4v) is 3.68. The lowest BCUT2D eigenvalue weighted by Crippen LogP contribution is -2.44. The van der Waals surface area contributed by atoms with Crippen LogP contribution in [0.3, 0.4) is 0 Å². The van der Waals surface area contributed by atoms with E-state index in [0.29, 0.717) is 31.5 Å². The van der Waals surface area contributed by atoms with E-state index in [-0.39, 0.29) is 25.1 Å². The van der Waals surface area contributed by atoms with Crippen molar-refractivity contribution in [1.29, 1.82) is 0 Å². The summed E-state index contributed by atoms with van der Waals surface area (Å²) in [5, 5.41) is 0. The Kier molecular flexibility index (Phi) is 9.62. The predicted octanol–water partition coefficient (Wildman–Crippen LogP) is 5.99. The number of aryl methyl sites for hydroxylation is 1. The van der Waals surface area contributed by atoms with Gasteiger partial charge in [0.1, 0.15) is 6.54 Å². The van der Waals surface area contributed by atoms with Gasteiger partial charge in [-0.15, -0.1) is 0 Å². The number of carbonyl (C=O) groups is 2. The Morgan fingerprint density at radius 3 is 2.00 bits per heavy atom. The van der Waals surface area contributed by atoms with E-state index in [1.807, 2.05) is 50.7 Å². The van der Waals surface area contributed by atoms with Gasteiger partial charge in [0.15, 0.2) is 0 Å². The number of halogens is 6. The van der Waals surface area contributed by atoms with Gasteiger partial charge in [-0.3, -0.25) is 9.59 Å². The van der Waals surface area contributed by atoms with E-state index in [4.69, 9.17) is 0 Å². The molecule has 0 saturated carbocycles. The van der Waals surface area contributed by atoms with Gasteiger partial charge in [-0.1, -0.05) is 27.2 Å². The first-order chi connectivity index (χ1) is 16.6. The van der Waals surface area contributed by atoms with Crippen LogP contribution in [0.4, 0.5) is 26.3 Å². The van der Waals surface area contributed by atoms with Crippen molar-refractivity contribution in [2.75, 3.05) is 19.6 Å². The molecule has 36 heavy (non-hydrogen) atoms. The summed E-state index contributed by atoms with van der Waals surface area (Å²) in [5.74, 6) is -1.42. The van der Waals surface area contributed by atoms with Gasteiger partial charge in [-0.2, -0.15) is 26.3 Å². The molecule has 0 aliphatic carbocycles. The summed E-state index contributed by atoms with van der Waals surface area (Å²) < 4.78 is 81.6. The smallest absolute Gasteiger partial charge is 0.353 e. The first-order valence-corrected chi connectivity index (χ1v) is 11.6. The molecule has 2 aromatic rings. The van der Waals surface area contributed by atoms with E-state index in [1.54, 1.807) is 4.90 Å². The fraction of sp³-hybridized carbons (Fsp3) is 0.520. The van der Waals surface area contributed by atoms with Gasteiger partial charge in [-0.25, -0.2) is 0 Å². The van der Waals surface area contributed by atoms with E-state index in [9.17, 15) is 35.9 Å². The molecule has 0 fully saturated rings. The molecule has 0 saturated heterocycles. The highest BCUT2D eigenvalue weighted by molar-refractivity contribution is 5.97. The number of hydrogen-bond acceptors (Lipinski definition) is 2. The number of carbonyl (C=O) groups excluding carboxylic acids is 2. The molecule has 1 heterocycles. The third kappa shape index (κ3) is 8.03. The Morgan fingerprint density at radius 2 is 1.56 bits per heavy atom. The van der Waals surface area contributed by atoms with Crippen LogP contribution in [0.15, 0.2) is 36.5 Å². The van der Waals surface area contributed by atoms with E-state index < -0.39 is 47.4 Å². The van der Waals surface area contributed by atoms with Crippen LogP contribution >= 0.6 is 0 Å². The SMILES string of the molecule is CCCCN(CC(=O)N(Cc1cccn1C)CC(C)C)C(=O)c1cc(C(F)(F)F)cc(C(F)(F)F)c1. The van der Waals surface area contributed by atoms with Crippen LogP contribution in [0.25, 0.3) is 0 Å². The molecule has 2 amide bonds. The maximum atomic E-state index is 13.3. The molecule has 0 spiro atoms. The van der Waals surface area contributed by atoms with Crippen LogP contribution in [0.5, 0.6) is 0 Å². The number of aromatic nitrogens is 1. The summed E-state index contributed by atoms with van der Waals surface area (Å²) in [6, 6.07) is 4.43. The van der Waals surface area contributed by atoms with Crippen molar-refractivity contribution in [3.63, 3.8) is 0 Å². The number of benzene rings is 1. The summed E-state index contributed by atoms with van der Waals surface area (Å²) in [7, 11) is 1.82. The number of nitrogens with zero attached hydrogens (tertiary/aromatic N) is 3. The summed E-state index contributed by atoms with van der Waals surface area (Å²) in [6.45, 7) is 5.79. The Bertz CT molecular complexity index is 1010. The van der Waals surface area contributed by atoms with Crippen molar-refractivity contribution >= 4 is 11.8 Å². The Morgan fingerprint density at radius 1 is 0.972 bits per heavy atom. The Labute approximate surface area is 206 Å². The molecular formula is C25H31F6N3O2. The van der Waals surface area contributed by atoms with Crippen LogP contribution < -0.4 is 0 Å². The molecule has 11 heteroatoms. The molecule has 2 rings (SSSR count). The van der Waals surface area contributed by atoms with Crippen molar-refractivity contribution in [3.05, 3.63) is 58.9 Å². The highest BCUT2D eigenvalue weighted by Crippen LogP contribution is 2.36. The molecule has 1 aromatic heterocycles. The molecule has 0 bridgehead atoms. The highest BCUT2D eigenvalue weighted by Gasteiger charge is 2.38. The number of hydrogen-bond donors (Lipinski definition) is 0. The van der Waals surface area contributed by atoms with E-state index >= 15 is 0 Å². The van der Waals surface area contributed by atoms with Crippen molar-refractivity contribution in [1.82, 2.24) is 14.4 Å². The number of unbranched alkanes of at least 4 members (excludes halogenated alkanes) is 1. The lowest BCUT2D eigenvalue weighted by molar-refractivity contribution is -0.143. The zero-order valence-electron chi connectivity index (χ0n) is 20.7. The van der Waals surface area contributed by atoms with Gasteiger partial charge in [0.25, 0.3) is 5.91 Å². The van der Waals surface area contributed by atoms with E-state index in [2.05, 4.69) is 0 Å². The summed E-state index contributed by atoms with van der Waals surface area (Å²) in [6.07, 6.45) is -7.32. The standard InChI is InChI=1S/C25H31F6N3O2/c1-5-6-10-33(16-22(35)34(14-17(2)3)15-21-8-7-9-32(21)4)23(36)18-11-19(24(26,27)28)13-20(12-18)25(29,30)31/h7-9,11-13,17H,5-6,10,14-16H2,1-4H3. The van der Waals surface area contributed by atoms with Gasteiger partial charge in [0.2, 0.25) is 5.91 Å². The molecule has 0 N–H and O–H groups in total. The van der Waals surface area contributed by atoms with Crippen molar-refractivity contribution < 1.29 is 35.9 Å². The molecule has 0 radical (unpaired) electrons. The van der Waals surface area contributed by atoms with Crippen LogP contribution in [0, 0.1) is 5.92 Å². The van der Waals surface area contributed by atoms with Crippen molar-refractivity contribution in [2.24, 2.45) is 13.0 Å². The number of alkyl halides is 6. The van der Waals surface area contributed by atoms with Gasteiger partial charge < -0.3 is 14.4 Å². The zero-order valence-corrected chi connectivity index (χ0v) is 20.7. The minimum Gasteiger partial charge on any atom is -0.353 e. The minimum absolute atomic E-state index is 0.0122. The van der Waals surface area contributed by atoms with Crippen LogP contribution in [0.2, 0.25) is 0 Å². The molecule has 0 aliphatic rings. The molecule has 0 atom stereocenters. The van der Waals surface area contributed by atoms with Crippen molar-refractivity contribution in [3.8, 4) is 0 Å². The Balaban J connectivity index is 2.40. The second kappa shape index (κ2) is 11.8. The number of amides is 2. The Hall–Kier alpha value is -2.98. The lowest BCUT2D eigenvalue weighted by atomic mass is 10.0. The minimum atomic E-state index is -5.08. The normalized spacial score (nSPS) is 12.2. The predicted molar refractivity (Wildman–Crippen MR) is 123 cm³/mol. The molecule has 1 aromatic carbocycles. The zero-order chi connectivity index (χ0) is 27.3. The average molecular weight is 520 g/mol. The van der Waals surface area contributed by atoms with E-state index in [0.717, 1.165) is 10.6 Å². The van der Waals surface area contributed by atoms with Gasteiger partial charge in [-0.05, 0) is 42.7 Å². The molecule has 0 aliphatic heterocycles. The second-order valence-electron chi connectivity index (χ2n) is 9.15. The van der Waals surface area contributed by atoms with Crippen LogP contribution in [-0.4, -0.2) is 45.8 Å². The van der Waals surface area contributed by atoms with Crippen LogP contribution in [0.1, 0.15) is 60.8 Å². The van der Waals surface area contributed by atoms with Gasteiger partial charge in [0, 0.05) is 37.6 Å². The topological polar surface area (TPSA) is 45.6 Å². The summed E-state index contributed by atoms with van der Waals surface area (Å²) in [4.78, 5) is 29.0. The summed E-state index contributed by atoms with van der Waals surface area (Å²) >= 11 is 0. The molecule has 0 unspecified atom stereocenters. The third-order valence-corrected chi connectivity index (χ3v) is 5.57. The van der Waals surface area contributed by atoms with E-state index in [1.165, 1.54) is 0 Å². The van der Waals surface area contributed by atoms with Gasteiger partial charge in [0.05, 0.1) is 17.7 Å². The largest absolute Gasteiger partial charge is 0.416 e. The molecular weight excluding hydrogens is 488 g/mol. The third-order valence-electron chi connectivity index (χ3n) is 5.57. The fourth-order valence-electron chi connectivity index (χ4n) is 3.68. The summed E-state index contributed by atoms with van der Waals surface area (Å²) in [5.41, 5.74) is -3.08. The monoisotopic (exact) mass is 519 g/mol. The molecule has 200 valence electrons. The quantitative estimate of drug-likeness (QED) is 0.362. The lowest BCUT2D eigenvalue weighted by Gasteiger charge is -2.29. The van der Waals surface area contributed by atoms with Gasteiger partial charge >= 0.3 is 12.4 Å². The molecule has 5 nitrogen and oxygen atoms in total. The maximum absolute atomic E-state index is 13.3. The second-order valence-corrected chi connectivity index (χ2v) is 9.15. The maximum Gasteiger partial charge on any atom is 0.416 e. The average Bonchev–Trinajstić information content (AvgIpc) is 3.18.